The normalized spacial score (nSPS) is 12.7. The molecule has 4 N–H and O–H groups in total. The van der Waals surface area contributed by atoms with Crippen LogP contribution in [0.5, 0.6) is 0 Å². The number of carboxylic acid groups (broad SMARTS) is 1. The van der Waals surface area contributed by atoms with Gasteiger partial charge in [0.25, 0.3) is 0 Å². The molecule has 0 saturated carbocycles. The number of H-pyrrole nitrogens is 1. The lowest BCUT2D eigenvalue weighted by Gasteiger charge is -2.03. The molecule has 7 heteroatoms. The second-order valence-corrected chi connectivity index (χ2v) is 3.46. The highest BCUT2D eigenvalue weighted by molar-refractivity contribution is 7.99. The minimum atomic E-state index is -0.974. The Labute approximate surface area is 78.9 Å². The summed E-state index contributed by atoms with van der Waals surface area (Å²) in [4.78, 5) is 14.2. The van der Waals surface area contributed by atoms with E-state index in [1.165, 1.54) is 18.1 Å². The molecule has 0 aliphatic heterocycles. The number of thioether (sulfide) groups is 1. The summed E-state index contributed by atoms with van der Waals surface area (Å²) in [6.45, 7) is 0. The van der Waals surface area contributed by atoms with E-state index >= 15 is 0 Å². The van der Waals surface area contributed by atoms with E-state index in [9.17, 15) is 4.79 Å². The quantitative estimate of drug-likeness (QED) is 0.566. The first-order valence-corrected chi connectivity index (χ1v) is 4.65. The van der Waals surface area contributed by atoms with Crippen LogP contribution in [0.1, 0.15) is 6.42 Å². The Balaban J connectivity index is 2.18. The van der Waals surface area contributed by atoms with Crippen LogP contribution >= 0.6 is 11.8 Å². The second kappa shape index (κ2) is 4.83. The van der Waals surface area contributed by atoms with Crippen LogP contribution in [0.25, 0.3) is 0 Å². The zero-order valence-electron chi connectivity index (χ0n) is 6.80. The molecule has 0 amide bonds. The molecule has 1 aromatic rings. The van der Waals surface area contributed by atoms with Gasteiger partial charge in [0.2, 0.25) is 0 Å². The predicted octanol–water partition coefficient (Wildman–Crippen LogP) is -0.301. The summed E-state index contributed by atoms with van der Waals surface area (Å²) in [6.07, 6.45) is 1.82. The van der Waals surface area contributed by atoms with Gasteiger partial charge in [0.1, 0.15) is 12.4 Å². The summed E-state index contributed by atoms with van der Waals surface area (Å²) >= 11 is 1.40. The fourth-order valence-electron chi connectivity index (χ4n) is 0.670. The Kier molecular flexibility index (Phi) is 3.71. The van der Waals surface area contributed by atoms with E-state index in [2.05, 4.69) is 15.2 Å². The van der Waals surface area contributed by atoms with Crippen molar-refractivity contribution in [3.8, 4) is 0 Å². The van der Waals surface area contributed by atoms with Gasteiger partial charge in [-0.15, -0.1) is 0 Å². The summed E-state index contributed by atoms with van der Waals surface area (Å²) in [7, 11) is 0. The van der Waals surface area contributed by atoms with E-state index in [-0.39, 0.29) is 0 Å². The van der Waals surface area contributed by atoms with Gasteiger partial charge in [-0.1, -0.05) is 11.8 Å². The van der Waals surface area contributed by atoms with Crippen molar-refractivity contribution < 1.29 is 9.90 Å². The van der Waals surface area contributed by atoms with E-state index in [0.29, 0.717) is 17.3 Å². The van der Waals surface area contributed by atoms with Crippen LogP contribution in [-0.2, 0) is 4.79 Å². The fourth-order valence-corrected chi connectivity index (χ4v) is 1.47. The SMILES string of the molecule is NC(CCSc1ncn[nH]1)C(=O)O. The number of aromatic amines is 1. The van der Waals surface area contributed by atoms with Crippen molar-refractivity contribution in [2.45, 2.75) is 17.6 Å². The standard InChI is InChI=1S/C6H10N4O2S/c7-4(5(11)12)1-2-13-6-8-3-9-10-6/h3-4H,1-2,7H2,(H,11,12)(H,8,9,10). The maximum absolute atomic E-state index is 10.3. The largest absolute Gasteiger partial charge is 0.480 e. The lowest BCUT2D eigenvalue weighted by atomic mass is 10.2. The van der Waals surface area contributed by atoms with Crippen molar-refractivity contribution in [1.29, 1.82) is 0 Å². The van der Waals surface area contributed by atoms with Crippen LogP contribution in [0.2, 0.25) is 0 Å². The van der Waals surface area contributed by atoms with Crippen molar-refractivity contribution >= 4 is 17.7 Å². The number of hydrogen-bond acceptors (Lipinski definition) is 5. The van der Waals surface area contributed by atoms with Crippen LogP contribution in [0, 0.1) is 0 Å². The molecule has 0 bridgehead atoms. The van der Waals surface area contributed by atoms with Gasteiger partial charge < -0.3 is 10.8 Å². The number of nitrogens with one attached hydrogen (secondary N) is 1. The average Bonchev–Trinajstić information content (AvgIpc) is 2.56. The van der Waals surface area contributed by atoms with Gasteiger partial charge in [-0.05, 0) is 6.42 Å². The molecule has 1 rings (SSSR count). The van der Waals surface area contributed by atoms with Gasteiger partial charge in [0.05, 0.1) is 0 Å². The third-order valence-corrected chi connectivity index (χ3v) is 2.29. The number of carbonyl (C=O) groups is 1. The Hall–Kier alpha value is -1.08. The molecule has 1 heterocycles. The molecular weight excluding hydrogens is 192 g/mol. The van der Waals surface area contributed by atoms with E-state index in [1.807, 2.05) is 0 Å². The Bertz CT molecular complexity index is 264. The van der Waals surface area contributed by atoms with E-state index < -0.39 is 12.0 Å². The summed E-state index contributed by atoms with van der Waals surface area (Å²) in [5.41, 5.74) is 5.30. The molecular formula is C6H10N4O2S. The molecule has 6 nitrogen and oxygen atoms in total. The van der Waals surface area contributed by atoms with Crippen molar-refractivity contribution in [2.75, 3.05) is 5.75 Å². The van der Waals surface area contributed by atoms with Gasteiger partial charge in [-0.3, -0.25) is 9.89 Å². The number of nitrogens with two attached hydrogens (primary N) is 1. The number of rotatable bonds is 5. The maximum atomic E-state index is 10.3. The topological polar surface area (TPSA) is 105 Å². The number of hydrogen-bond donors (Lipinski definition) is 3. The Morgan fingerprint density at radius 3 is 3.15 bits per heavy atom. The summed E-state index contributed by atoms with van der Waals surface area (Å²) < 4.78 is 0. The van der Waals surface area contributed by atoms with Gasteiger partial charge in [0.15, 0.2) is 5.16 Å². The molecule has 0 saturated heterocycles. The van der Waals surface area contributed by atoms with Crippen molar-refractivity contribution in [2.24, 2.45) is 5.73 Å². The summed E-state index contributed by atoms with van der Waals surface area (Å²) in [5, 5.41) is 15.5. The minimum absolute atomic E-state index is 0.417. The van der Waals surface area contributed by atoms with E-state index in [1.54, 1.807) is 0 Å². The monoisotopic (exact) mass is 202 g/mol. The van der Waals surface area contributed by atoms with E-state index in [0.717, 1.165) is 0 Å². The Morgan fingerprint density at radius 1 is 1.85 bits per heavy atom. The van der Waals surface area contributed by atoms with E-state index in [4.69, 9.17) is 10.8 Å². The van der Waals surface area contributed by atoms with Gasteiger partial charge in [-0.2, -0.15) is 5.10 Å². The zero-order chi connectivity index (χ0) is 9.68. The molecule has 0 radical (unpaired) electrons. The maximum Gasteiger partial charge on any atom is 0.320 e. The predicted molar refractivity (Wildman–Crippen MR) is 47.3 cm³/mol. The average molecular weight is 202 g/mol. The molecule has 13 heavy (non-hydrogen) atoms. The highest BCUT2D eigenvalue weighted by Crippen LogP contribution is 2.12. The lowest BCUT2D eigenvalue weighted by Crippen LogP contribution is -2.30. The molecule has 0 aliphatic rings. The number of aromatic nitrogens is 3. The van der Waals surface area contributed by atoms with Gasteiger partial charge in [-0.25, -0.2) is 4.98 Å². The van der Waals surface area contributed by atoms with Gasteiger partial charge >= 0.3 is 5.97 Å². The van der Waals surface area contributed by atoms with Crippen molar-refractivity contribution in [1.82, 2.24) is 15.2 Å². The first kappa shape index (κ1) is 10.0. The smallest absolute Gasteiger partial charge is 0.320 e. The van der Waals surface area contributed by atoms with Crippen LogP contribution in [0.3, 0.4) is 0 Å². The van der Waals surface area contributed by atoms with Gasteiger partial charge in [0, 0.05) is 5.75 Å². The summed E-state index contributed by atoms with van der Waals surface area (Å²) in [5.74, 6) is -0.360. The molecule has 1 unspecified atom stereocenters. The number of carboxylic acids is 1. The molecule has 0 spiro atoms. The van der Waals surface area contributed by atoms with Crippen LogP contribution < -0.4 is 5.73 Å². The first-order valence-electron chi connectivity index (χ1n) is 3.66. The minimum Gasteiger partial charge on any atom is -0.480 e. The second-order valence-electron chi connectivity index (χ2n) is 2.37. The van der Waals surface area contributed by atoms with Crippen molar-refractivity contribution in [3.63, 3.8) is 0 Å². The lowest BCUT2D eigenvalue weighted by molar-refractivity contribution is -0.138. The van der Waals surface area contributed by atoms with Crippen LogP contribution in [0.15, 0.2) is 11.5 Å². The molecule has 72 valence electrons. The van der Waals surface area contributed by atoms with Crippen LogP contribution in [0.4, 0.5) is 0 Å². The third kappa shape index (κ3) is 3.43. The fraction of sp³-hybridized carbons (Fsp3) is 0.500. The first-order chi connectivity index (χ1) is 6.20. The third-order valence-electron chi connectivity index (χ3n) is 1.38. The molecule has 0 fully saturated rings. The van der Waals surface area contributed by atoms with Crippen LogP contribution in [-0.4, -0.2) is 38.1 Å². The Morgan fingerprint density at radius 2 is 2.62 bits per heavy atom. The highest BCUT2D eigenvalue weighted by atomic mass is 32.2. The molecule has 0 aliphatic carbocycles. The molecule has 1 atom stereocenters. The summed E-state index contributed by atoms with van der Waals surface area (Å²) in [6, 6.07) is -0.796. The van der Waals surface area contributed by atoms with Crippen molar-refractivity contribution in [3.05, 3.63) is 6.33 Å². The number of aliphatic carboxylic acids is 1. The molecule has 1 aromatic heterocycles. The zero-order valence-corrected chi connectivity index (χ0v) is 7.62. The molecule has 0 aromatic carbocycles. The number of nitrogens with zero attached hydrogens (tertiary/aromatic N) is 2. The highest BCUT2D eigenvalue weighted by Gasteiger charge is 2.10.